The SMILES string of the molecule is CCCNCC(C)c1ccc(CN(C)C(CC)CC)cc1. The van der Waals surface area contributed by atoms with Crippen LogP contribution in [0, 0.1) is 0 Å². The van der Waals surface area contributed by atoms with Gasteiger partial charge in [-0.25, -0.2) is 0 Å². The number of nitrogens with one attached hydrogen (secondary N) is 1. The van der Waals surface area contributed by atoms with E-state index in [2.05, 4.69) is 69.2 Å². The van der Waals surface area contributed by atoms with Gasteiger partial charge < -0.3 is 5.32 Å². The summed E-state index contributed by atoms with van der Waals surface area (Å²) in [6.45, 7) is 12.3. The summed E-state index contributed by atoms with van der Waals surface area (Å²) in [7, 11) is 2.24. The van der Waals surface area contributed by atoms with Gasteiger partial charge in [-0.15, -0.1) is 0 Å². The van der Waals surface area contributed by atoms with E-state index in [9.17, 15) is 0 Å². The Hall–Kier alpha value is -0.860. The summed E-state index contributed by atoms with van der Waals surface area (Å²) in [6, 6.07) is 9.89. The summed E-state index contributed by atoms with van der Waals surface area (Å²) < 4.78 is 0. The predicted molar refractivity (Wildman–Crippen MR) is 93.9 cm³/mol. The number of hydrogen-bond donors (Lipinski definition) is 1. The van der Waals surface area contributed by atoms with E-state index in [4.69, 9.17) is 0 Å². The van der Waals surface area contributed by atoms with E-state index < -0.39 is 0 Å². The van der Waals surface area contributed by atoms with E-state index in [-0.39, 0.29) is 0 Å². The third-order valence-electron chi connectivity index (χ3n) is 4.42. The average Bonchev–Trinajstić information content (AvgIpc) is 2.49. The second-order valence-corrected chi connectivity index (χ2v) is 6.23. The van der Waals surface area contributed by atoms with Crippen LogP contribution in [-0.4, -0.2) is 31.1 Å². The Labute approximate surface area is 131 Å². The largest absolute Gasteiger partial charge is 0.316 e. The molecule has 1 rings (SSSR count). The molecular weight excluding hydrogens is 256 g/mol. The monoisotopic (exact) mass is 290 g/mol. The van der Waals surface area contributed by atoms with Crippen molar-refractivity contribution in [2.75, 3.05) is 20.1 Å². The van der Waals surface area contributed by atoms with E-state index in [0.717, 1.165) is 19.6 Å². The number of hydrogen-bond acceptors (Lipinski definition) is 2. The fourth-order valence-corrected chi connectivity index (χ4v) is 2.89. The summed E-state index contributed by atoms with van der Waals surface area (Å²) in [5, 5.41) is 3.50. The first-order valence-electron chi connectivity index (χ1n) is 8.62. The smallest absolute Gasteiger partial charge is 0.0233 e. The normalized spacial score (nSPS) is 13.1. The van der Waals surface area contributed by atoms with Crippen LogP contribution in [0.2, 0.25) is 0 Å². The van der Waals surface area contributed by atoms with E-state index in [0.29, 0.717) is 12.0 Å². The topological polar surface area (TPSA) is 15.3 Å². The highest BCUT2D eigenvalue weighted by Crippen LogP contribution is 2.17. The van der Waals surface area contributed by atoms with Crippen molar-refractivity contribution in [1.82, 2.24) is 10.2 Å². The molecule has 21 heavy (non-hydrogen) atoms. The van der Waals surface area contributed by atoms with Crippen LogP contribution in [0.4, 0.5) is 0 Å². The Morgan fingerprint density at radius 2 is 1.67 bits per heavy atom. The predicted octanol–water partition coefficient (Wildman–Crippen LogP) is 4.41. The molecule has 1 atom stereocenters. The van der Waals surface area contributed by atoms with Crippen LogP contribution in [0.25, 0.3) is 0 Å². The zero-order valence-electron chi connectivity index (χ0n) is 14.7. The molecule has 0 saturated heterocycles. The Kier molecular flexibility index (Phi) is 8.63. The summed E-state index contributed by atoms with van der Waals surface area (Å²) in [5.41, 5.74) is 2.86. The van der Waals surface area contributed by atoms with Gasteiger partial charge in [0.15, 0.2) is 0 Å². The number of rotatable bonds is 10. The minimum Gasteiger partial charge on any atom is -0.316 e. The van der Waals surface area contributed by atoms with Crippen LogP contribution in [0.15, 0.2) is 24.3 Å². The molecular formula is C19H34N2. The maximum atomic E-state index is 3.50. The highest BCUT2D eigenvalue weighted by Gasteiger charge is 2.11. The first-order chi connectivity index (χ1) is 10.1. The molecule has 0 aliphatic carbocycles. The highest BCUT2D eigenvalue weighted by atomic mass is 15.1. The van der Waals surface area contributed by atoms with Crippen molar-refractivity contribution in [2.24, 2.45) is 0 Å². The Morgan fingerprint density at radius 3 is 2.19 bits per heavy atom. The lowest BCUT2D eigenvalue weighted by Crippen LogP contribution is -2.29. The summed E-state index contributed by atoms with van der Waals surface area (Å²) in [6.07, 6.45) is 3.66. The van der Waals surface area contributed by atoms with Gasteiger partial charge in [-0.05, 0) is 49.9 Å². The van der Waals surface area contributed by atoms with Gasteiger partial charge in [0.1, 0.15) is 0 Å². The van der Waals surface area contributed by atoms with Gasteiger partial charge in [-0.1, -0.05) is 52.0 Å². The maximum Gasteiger partial charge on any atom is 0.0233 e. The van der Waals surface area contributed by atoms with Crippen LogP contribution in [0.5, 0.6) is 0 Å². The lowest BCUT2D eigenvalue weighted by Gasteiger charge is -2.26. The summed E-state index contributed by atoms with van der Waals surface area (Å²) in [4.78, 5) is 2.47. The van der Waals surface area contributed by atoms with Crippen molar-refractivity contribution in [2.45, 2.75) is 65.5 Å². The molecule has 0 aliphatic heterocycles. The van der Waals surface area contributed by atoms with E-state index in [1.807, 2.05) is 0 Å². The number of benzene rings is 1. The van der Waals surface area contributed by atoms with Crippen molar-refractivity contribution in [3.63, 3.8) is 0 Å². The fourth-order valence-electron chi connectivity index (χ4n) is 2.89. The van der Waals surface area contributed by atoms with Crippen molar-refractivity contribution >= 4 is 0 Å². The van der Waals surface area contributed by atoms with Crippen LogP contribution < -0.4 is 5.32 Å². The highest BCUT2D eigenvalue weighted by molar-refractivity contribution is 5.25. The minimum absolute atomic E-state index is 0.586. The zero-order valence-corrected chi connectivity index (χ0v) is 14.7. The molecule has 2 heteroatoms. The Morgan fingerprint density at radius 1 is 1.05 bits per heavy atom. The first-order valence-corrected chi connectivity index (χ1v) is 8.62. The zero-order chi connectivity index (χ0) is 15.7. The molecule has 0 amide bonds. The molecule has 1 unspecified atom stereocenters. The van der Waals surface area contributed by atoms with Gasteiger partial charge in [0.2, 0.25) is 0 Å². The maximum absolute atomic E-state index is 3.50. The van der Waals surface area contributed by atoms with Gasteiger partial charge in [0.05, 0.1) is 0 Å². The third-order valence-corrected chi connectivity index (χ3v) is 4.42. The molecule has 120 valence electrons. The summed E-state index contributed by atoms with van der Waals surface area (Å²) in [5.74, 6) is 0.586. The van der Waals surface area contributed by atoms with Crippen molar-refractivity contribution in [1.29, 1.82) is 0 Å². The van der Waals surface area contributed by atoms with Crippen LogP contribution in [0.3, 0.4) is 0 Å². The lowest BCUT2D eigenvalue weighted by atomic mass is 9.99. The van der Waals surface area contributed by atoms with E-state index >= 15 is 0 Å². The van der Waals surface area contributed by atoms with Gasteiger partial charge >= 0.3 is 0 Å². The summed E-state index contributed by atoms with van der Waals surface area (Å²) >= 11 is 0. The second-order valence-electron chi connectivity index (χ2n) is 6.23. The molecule has 0 saturated carbocycles. The first kappa shape index (κ1) is 18.2. The Balaban J connectivity index is 2.53. The van der Waals surface area contributed by atoms with Gasteiger partial charge in [-0.2, -0.15) is 0 Å². The van der Waals surface area contributed by atoms with Crippen molar-refractivity contribution < 1.29 is 0 Å². The van der Waals surface area contributed by atoms with Crippen LogP contribution in [-0.2, 0) is 6.54 Å². The molecule has 0 aliphatic rings. The molecule has 0 spiro atoms. The minimum atomic E-state index is 0.586. The molecule has 0 aromatic heterocycles. The van der Waals surface area contributed by atoms with Crippen molar-refractivity contribution in [3.05, 3.63) is 35.4 Å². The van der Waals surface area contributed by atoms with Crippen LogP contribution in [0.1, 0.15) is 64.0 Å². The average molecular weight is 290 g/mol. The van der Waals surface area contributed by atoms with E-state index in [1.54, 1.807) is 0 Å². The molecule has 1 aromatic rings. The lowest BCUT2D eigenvalue weighted by molar-refractivity contribution is 0.222. The molecule has 0 bridgehead atoms. The second kappa shape index (κ2) is 9.97. The standard InChI is InChI=1S/C19H34N2/c1-6-13-20-14-16(4)18-11-9-17(10-12-18)15-21(5)19(7-2)8-3/h9-12,16,19-20H,6-8,13-15H2,1-5H3. The quantitative estimate of drug-likeness (QED) is 0.642. The molecule has 1 aromatic carbocycles. The molecule has 0 radical (unpaired) electrons. The van der Waals surface area contributed by atoms with Crippen LogP contribution >= 0.6 is 0 Å². The third kappa shape index (κ3) is 6.19. The molecule has 0 heterocycles. The molecule has 1 N–H and O–H groups in total. The van der Waals surface area contributed by atoms with Gasteiger partial charge in [-0.3, -0.25) is 4.90 Å². The number of nitrogens with zero attached hydrogens (tertiary/aromatic N) is 1. The molecule has 0 fully saturated rings. The van der Waals surface area contributed by atoms with Gasteiger partial charge in [0.25, 0.3) is 0 Å². The van der Waals surface area contributed by atoms with E-state index in [1.165, 1.54) is 30.4 Å². The van der Waals surface area contributed by atoms with Gasteiger partial charge in [0, 0.05) is 19.1 Å². The fraction of sp³-hybridized carbons (Fsp3) is 0.684. The Bertz CT molecular complexity index is 368. The molecule has 2 nitrogen and oxygen atoms in total. The van der Waals surface area contributed by atoms with Crippen molar-refractivity contribution in [3.8, 4) is 0 Å².